The van der Waals surface area contributed by atoms with Crippen LogP contribution in [0, 0.1) is 19.3 Å². The molecule has 3 heterocycles. The molecular formula is C19H27N3O3. The molecule has 2 aromatic rings. The van der Waals surface area contributed by atoms with Crippen LogP contribution in [0.15, 0.2) is 27.1 Å². The zero-order valence-corrected chi connectivity index (χ0v) is 15.6. The highest BCUT2D eigenvalue weighted by molar-refractivity contribution is 5.75. The van der Waals surface area contributed by atoms with Gasteiger partial charge in [-0.15, -0.1) is 0 Å². The number of nitrogens with zero attached hydrogens (tertiary/aromatic N) is 2. The molecule has 25 heavy (non-hydrogen) atoms. The van der Waals surface area contributed by atoms with Gasteiger partial charge in [0.15, 0.2) is 0 Å². The van der Waals surface area contributed by atoms with Crippen molar-refractivity contribution in [1.82, 2.24) is 15.4 Å². The van der Waals surface area contributed by atoms with E-state index in [1.54, 1.807) is 0 Å². The summed E-state index contributed by atoms with van der Waals surface area (Å²) in [6.07, 6.45) is 1.86. The van der Waals surface area contributed by atoms with Crippen LogP contribution in [0.1, 0.15) is 68.7 Å². The lowest BCUT2D eigenvalue weighted by molar-refractivity contribution is 0.167. The van der Waals surface area contributed by atoms with Gasteiger partial charge < -0.3 is 19.2 Å². The van der Waals surface area contributed by atoms with Crippen LogP contribution in [0.4, 0.5) is 4.79 Å². The minimum Gasteiger partial charge on any atom is -0.464 e. The zero-order chi connectivity index (χ0) is 18.2. The molecule has 0 aliphatic carbocycles. The molecular weight excluding hydrogens is 318 g/mol. The van der Waals surface area contributed by atoms with E-state index in [4.69, 9.17) is 8.94 Å². The largest absolute Gasteiger partial charge is 0.464 e. The molecule has 6 heteroatoms. The minimum atomic E-state index is -0.200. The van der Waals surface area contributed by atoms with Crippen molar-refractivity contribution < 1.29 is 13.7 Å². The van der Waals surface area contributed by atoms with E-state index in [-0.39, 0.29) is 23.5 Å². The lowest BCUT2D eigenvalue weighted by Crippen LogP contribution is -2.44. The van der Waals surface area contributed by atoms with Crippen LogP contribution >= 0.6 is 0 Å². The van der Waals surface area contributed by atoms with Gasteiger partial charge in [0.2, 0.25) is 0 Å². The molecule has 2 amide bonds. The van der Waals surface area contributed by atoms with E-state index in [9.17, 15) is 4.79 Å². The van der Waals surface area contributed by atoms with E-state index in [2.05, 4.69) is 31.2 Å². The molecule has 0 spiro atoms. The first-order valence-electron chi connectivity index (χ1n) is 8.82. The molecule has 1 aliphatic rings. The molecule has 0 aromatic carbocycles. The summed E-state index contributed by atoms with van der Waals surface area (Å²) in [5.74, 6) is 2.39. The van der Waals surface area contributed by atoms with Gasteiger partial charge in [0.05, 0.1) is 12.1 Å². The van der Waals surface area contributed by atoms with Crippen LogP contribution < -0.4 is 5.32 Å². The van der Waals surface area contributed by atoms with Gasteiger partial charge in [-0.1, -0.05) is 25.9 Å². The molecule has 0 saturated carbocycles. The van der Waals surface area contributed by atoms with E-state index >= 15 is 0 Å². The van der Waals surface area contributed by atoms with Crippen molar-refractivity contribution in [2.45, 2.75) is 59.5 Å². The van der Waals surface area contributed by atoms with Crippen LogP contribution in [-0.2, 0) is 0 Å². The minimum absolute atomic E-state index is 0.0311. The number of urea groups is 1. The topological polar surface area (TPSA) is 71.5 Å². The van der Waals surface area contributed by atoms with Crippen LogP contribution in [0.25, 0.3) is 0 Å². The number of carbonyl (C=O) groups excluding carboxylic acids is 1. The van der Waals surface area contributed by atoms with E-state index in [1.807, 2.05) is 36.9 Å². The van der Waals surface area contributed by atoms with Crippen LogP contribution in [0.5, 0.6) is 0 Å². The number of nitrogens with one attached hydrogen (secondary N) is 1. The highest BCUT2D eigenvalue weighted by Crippen LogP contribution is 2.36. The standard InChI is InChI=1S/C19H27N3O3/c1-12-8-9-16(24-12)17(19(3,4)5)20-18(23)22-10-6-7-15(22)14-11-13(2)25-21-14/h8-9,11,15,17H,6-7,10H2,1-5H3,(H,20,23)/t15-,17-/m1/s1. The van der Waals surface area contributed by atoms with E-state index in [0.717, 1.165) is 42.4 Å². The predicted octanol–water partition coefficient (Wildman–Crippen LogP) is 4.52. The van der Waals surface area contributed by atoms with Crippen molar-refractivity contribution in [3.63, 3.8) is 0 Å². The summed E-state index contributed by atoms with van der Waals surface area (Å²) >= 11 is 0. The first-order chi connectivity index (χ1) is 11.8. The monoisotopic (exact) mass is 345 g/mol. The Morgan fingerprint density at radius 1 is 1.32 bits per heavy atom. The van der Waals surface area contributed by atoms with Gasteiger partial charge >= 0.3 is 6.03 Å². The number of amides is 2. The van der Waals surface area contributed by atoms with Crippen LogP contribution in [-0.4, -0.2) is 22.6 Å². The fourth-order valence-corrected chi connectivity index (χ4v) is 3.39. The molecule has 0 radical (unpaired) electrons. The van der Waals surface area contributed by atoms with Gasteiger partial charge in [0, 0.05) is 12.6 Å². The molecule has 0 unspecified atom stereocenters. The molecule has 1 N–H and O–H groups in total. The summed E-state index contributed by atoms with van der Waals surface area (Å²) in [5.41, 5.74) is 0.658. The number of aromatic nitrogens is 1. The summed E-state index contributed by atoms with van der Waals surface area (Å²) < 4.78 is 11.0. The van der Waals surface area contributed by atoms with Crippen molar-refractivity contribution in [1.29, 1.82) is 0 Å². The second-order valence-corrected chi connectivity index (χ2v) is 7.91. The van der Waals surface area contributed by atoms with Crippen molar-refractivity contribution in [3.8, 4) is 0 Å². The maximum Gasteiger partial charge on any atom is 0.318 e. The number of aryl methyl sites for hydroxylation is 2. The van der Waals surface area contributed by atoms with E-state index in [1.165, 1.54) is 0 Å². The molecule has 1 fully saturated rings. The van der Waals surface area contributed by atoms with Gasteiger partial charge in [-0.25, -0.2) is 4.79 Å². The highest BCUT2D eigenvalue weighted by Gasteiger charge is 2.36. The summed E-state index contributed by atoms with van der Waals surface area (Å²) in [6, 6.07) is 5.46. The SMILES string of the molecule is Cc1cc([C@H]2CCCN2C(=O)N[C@H](c2ccc(C)o2)C(C)(C)C)no1. The molecule has 136 valence electrons. The van der Waals surface area contributed by atoms with Crippen molar-refractivity contribution in [3.05, 3.63) is 41.2 Å². The van der Waals surface area contributed by atoms with E-state index < -0.39 is 0 Å². The maximum absolute atomic E-state index is 13.0. The Labute approximate surface area is 148 Å². The Bertz CT molecular complexity index is 741. The van der Waals surface area contributed by atoms with Crippen molar-refractivity contribution in [2.75, 3.05) is 6.54 Å². The van der Waals surface area contributed by atoms with Gasteiger partial charge in [-0.2, -0.15) is 0 Å². The average Bonchev–Trinajstić information content (AvgIpc) is 3.23. The average molecular weight is 345 g/mol. The predicted molar refractivity (Wildman–Crippen MR) is 94.1 cm³/mol. The summed E-state index contributed by atoms with van der Waals surface area (Å²) in [4.78, 5) is 14.8. The highest BCUT2D eigenvalue weighted by atomic mass is 16.5. The van der Waals surface area contributed by atoms with Crippen molar-refractivity contribution in [2.24, 2.45) is 5.41 Å². The number of rotatable bonds is 3. The molecule has 3 rings (SSSR count). The fourth-order valence-electron chi connectivity index (χ4n) is 3.39. The summed E-state index contributed by atoms with van der Waals surface area (Å²) in [6.45, 7) is 10.8. The maximum atomic E-state index is 13.0. The smallest absolute Gasteiger partial charge is 0.318 e. The Kier molecular flexibility index (Phi) is 4.62. The Morgan fingerprint density at radius 3 is 2.64 bits per heavy atom. The Balaban J connectivity index is 1.79. The van der Waals surface area contributed by atoms with Gasteiger partial charge in [0.1, 0.15) is 23.0 Å². The number of carbonyl (C=O) groups is 1. The Hall–Kier alpha value is -2.24. The zero-order valence-electron chi connectivity index (χ0n) is 15.6. The lowest BCUT2D eigenvalue weighted by atomic mass is 9.85. The van der Waals surface area contributed by atoms with Crippen LogP contribution in [0.2, 0.25) is 0 Å². The number of hydrogen-bond donors (Lipinski definition) is 1. The molecule has 2 aromatic heterocycles. The first kappa shape index (κ1) is 17.6. The molecule has 0 bridgehead atoms. The normalized spacial score (nSPS) is 19.2. The van der Waals surface area contributed by atoms with Gasteiger partial charge in [0.25, 0.3) is 0 Å². The van der Waals surface area contributed by atoms with Gasteiger partial charge in [-0.05, 0) is 44.2 Å². The number of hydrogen-bond acceptors (Lipinski definition) is 4. The van der Waals surface area contributed by atoms with Crippen LogP contribution in [0.3, 0.4) is 0 Å². The quantitative estimate of drug-likeness (QED) is 0.888. The number of likely N-dealkylation sites (tertiary alicyclic amines) is 1. The Morgan fingerprint density at radius 2 is 2.08 bits per heavy atom. The molecule has 2 atom stereocenters. The summed E-state index contributed by atoms with van der Waals surface area (Å²) in [5, 5.41) is 7.27. The second-order valence-electron chi connectivity index (χ2n) is 7.91. The van der Waals surface area contributed by atoms with Gasteiger partial charge in [-0.3, -0.25) is 0 Å². The molecule has 1 aliphatic heterocycles. The second kappa shape index (κ2) is 6.58. The molecule has 6 nitrogen and oxygen atoms in total. The summed E-state index contributed by atoms with van der Waals surface area (Å²) in [7, 11) is 0. The fraction of sp³-hybridized carbons (Fsp3) is 0.579. The first-order valence-corrected chi connectivity index (χ1v) is 8.82. The lowest BCUT2D eigenvalue weighted by Gasteiger charge is -2.33. The third-order valence-corrected chi connectivity index (χ3v) is 4.68. The third kappa shape index (κ3) is 3.72. The molecule has 1 saturated heterocycles. The number of furan rings is 1. The third-order valence-electron chi connectivity index (χ3n) is 4.68. The van der Waals surface area contributed by atoms with E-state index in [0.29, 0.717) is 0 Å². The van der Waals surface area contributed by atoms with Crippen molar-refractivity contribution >= 4 is 6.03 Å².